The van der Waals surface area contributed by atoms with E-state index in [4.69, 9.17) is 10.5 Å². The number of carbonyl (C=O) groups is 1. The normalized spacial score (nSPS) is 19.4. The van der Waals surface area contributed by atoms with Gasteiger partial charge in [0.1, 0.15) is 5.54 Å². The lowest BCUT2D eigenvalue weighted by Gasteiger charge is -2.37. The predicted molar refractivity (Wildman–Crippen MR) is 75.3 cm³/mol. The molecule has 20 heavy (non-hydrogen) atoms. The van der Waals surface area contributed by atoms with Gasteiger partial charge in [0.05, 0.1) is 7.11 Å². The van der Waals surface area contributed by atoms with E-state index in [-0.39, 0.29) is 5.97 Å². The highest BCUT2D eigenvalue weighted by Crippen LogP contribution is 2.12. The van der Waals surface area contributed by atoms with Crippen LogP contribution in [0, 0.1) is 0 Å². The largest absolute Gasteiger partial charge is 0.468 e. The molecule has 0 bridgehead atoms. The number of anilines is 1. The maximum Gasteiger partial charge on any atom is 0.326 e. The van der Waals surface area contributed by atoms with Crippen LogP contribution in [0.1, 0.15) is 6.92 Å². The summed E-state index contributed by atoms with van der Waals surface area (Å²) in [6.45, 7) is 5.47. The van der Waals surface area contributed by atoms with Gasteiger partial charge in [0, 0.05) is 45.1 Å². The molecule has 1 aromatic heterocycles. The van der Waals surface area contributed by atoms with Crippen LogP contribution in [0.2, 0.25) is 0 Å². The third-order valence-corrected chi connectivity index (χ3v) is 3.41. The Morgan fingerprint density at radius 3 is 2.50 bits per heavy atom. The number of piperazine rings is 1. The predicted octanol–water partition coefficient (Wildman–Crippen LogP) is -0.511. The first-order chi connectivity index (χ1) is 9.53. The van der Waals surface area contributed by atoms with E-state index < -0.39 is 5.54 Å². The molecule has 110 valence electrons. The topological polar surface area (TPSA) is 84.6 Å². The molecule has 1 aromatic rings. The first-order valence-corrected chi connectivity index (χ1v) is 6.64. The molecule has 2 heterocycles. The molecule has 1 fully saturated rings. The Kier molecular flexibility index (Phi) is 4.51. The summed E-state index contributed by atoms with van der Waals surface area (Å²) >= 11 is 0. The average molecular weight is 279 g/mol. The van der Waals surface area contributed by atoms with Crippen molar-refractivity contribution in [1.82, 2.24) is 14.9 Å². The van der Waals surface area contributed by atoms with Gasteiger partial charge in [0.15, 0.2) is 0 Å². The number of rotatable bonds is 4. The van der Waals surface area contributed by atoms with Crippen molar-refractivity contribution in [3.8, 4) is 0 Å². The summed E-state index contributed by atoms with van der Waals surface area (Å²) in [5.41, 5.74) is 5.02. The van der Waals surface area contributed by atoms with Gasteiger partial charge in [-0.25, -0.2) is 9.97 Å². The number of nitrogens with zero attached hydrogens (tertiary/aromatic N) is 4. The summed E-state index contributed by atoms with van der Waals surface area (Å²) in [5.74, 6) is 0.363. The summed E-state index contributed by atoms with van der Waals surface area (Å²) in [6.07, 6.45) is 3.48. The van der Waals surface area contributed by atoms with E-state index >= 15 is 0 Å². The van der Waals surface area contributed by atoms with Crippen molar-refractivity contribution in [1.29, 1.82) is 0 Å². The van der Waals surface area contributed by atoms with Gasteiger partial charge in [-0.3, -0.25) is 9.69 Å². The minimum absolute atomic E-state index is 0.383. The second-order valence-corrected chi connectivity index (χ2v) is 5.22. The van der Waals surface area contributed by atoms with E-state index in [0.717, 1.165) is 32.1 Å². The third-order valence-electron chi connectivity index (χ3n) is 3.41. The molecule has 7 nitrogen and oxygen atoms in total. The molecule has 0 aromatic carbocycles. The first kappa shape index (κ1) is 14.7. The van der Waals surface area contributed by atoms with Crippen LogP contribution in [-0.2, 0) is 9.53 Å². The Bertz CT molecular complexity index is 443. The van der Waals surface area contributed by atoms with Crippen molar-refractivity contribution in [2.24, 2.45) is 5.73 Å². The second kappa shape index (κ2) is 6.15. The van der Waals surface area contributed by atoms with E-state index in [9.17, 15) is 4.79 Å². The molecule has 1 aliphatic heterocycles. The molecule has 1 aliphatic rings. The number of nitrogens with two attached hydrogens (primary N) is 1. The molecule has 0 aliphatic carbocycles. The van der Waals surface area contributed by atoms with Gasteiger partial charge >= 0.3 is 5.97 Å². The molecule has 0 radical (unpaired) electrons. The zero-order valence-corrected chi connectivity index (χ0v) is 12.0. The number of aromatic nitrogens is 2. The van der Waals surface area contributed by atoms with E-state index in [1.807, 2.05) is 0 Å². The SMILES string of the molecule is COC(=O)C(C)(N)CN1CCN(c2ncccn2)CC1. The van der Waals surface area contributed by atoms with E-state index in [0.29, 0.717) is 6.54 Å². The van der Waals surface area contributed by atoms with Crippen molar-refractivity contribution in [2.45, 2.75) is 12.5 Å². The zero-order chi connectivity index (χ0) is 14.6. The highest BCUT2D eigenvalue weighted by molar-refractivity contribution is 5.80. The minimum Gasteiger partial charge on any atom is -0.468 e. The summed E-state index contributed by atoms with van der Waals surface area (Å²) in [6, 6.07) is 1.80. The van der Waals surface area contributed by atoms with Crippen LogP contribution in [0.25, 0.3) is 0 Å². The first-order valence-electron chi connectivity index (χ1n) is 6.64. The Morgan fingerprint density at radius 1 is 1.35 bits per heavy atom. The molecule has 1 atom stereocenters. The van der Waals surface area contributed by atoms with Crippen molar-refractivity contribution in [3.63, 3.8) is 0 Å². The number of ether oxygens (including phenoxy) is 1. The molecule has 2 rings (SSSR count). The minimum atomic E-state index is -0.972. The fraction of sp³-hybridized carbons (Fsp3) is 0.615. The standard InChI is InChI=1S/C13H21N5O2/c1-13(14,11(19)20-2)10-17-6-8-18(9-7-17)12-15-4-3-5-16-12/h3-5H,6-10,14H2,1-2H3. The van der Waals surface area contributed by atoms with Gasteiger partial charge in [0.2, 0.25) is 5.95 Å². The summed E-state index contributed by atoms with van der Waals surface area (Å²) < 4.78 is 4.73. The number of esters is 1. The van der Waals surface area contributed by atoms with Crippen LogP contribution in [-0.4, -0.2) is 66.2 Å². The monoisotopic (exact) mass is 279 g/mol. The quantitative estimate of drug-likeness (QED) is 0.743. The number of hydrogen-bond donors (Lipinski definition) is 1. The lowest BCUT2D eigenvalue weighted by Crippen LogP contribution is -2.58. The molecule has 2 N–H and O–H groups in total. The molecule has 1 saturated heterocycles. The van der Waals surface area contributed by atoms with E-state index in [1.54, 1.807) is 25.4 Å². The lowest BCUT2D eigenvalue weighted by atomic mass is 10.0. The Labute approximate surface area is 118 Å². The summed E-state index contributed by atoms with van der Waals surface area (Å²) in [7, 11) is 1.36. The van der Waals surface area contributed by atoms with Crippen molar-refractivity contribution in [2.75, 3.05) is 44.7 Å². The van der Waals surface area contributed by atoms with Crippen LogP contribution in [0.5, 0.6) is 0 Å². The second-order valence-electron chi connectivity index (χ2n) is 5.22. The van der Waals surface area contributed by atoms with Crippen molar-refractivity contribution < 1.29 is 9.53 Å². The fourth-order valence-electron chi connectivity index (χ4n) is 2.32. The zero-order valence-electron chi connectivity index (χ0n) is 12.0. The summed E-state index contributed by atoms with van der Waals surface area (Å²) in [5, 5.41) is 0. The van der Waals surface area contributed by atoms with E-state index in [2.05, 4.69) is 19.8 Å². The van der Waals surface area contributed by atoms with Gasteiger partial charge in [-0.15, -0.1) is 0 Å². The Hall–Kier alpha value is -1.73. The summed E-state index contributed by atoms with van der Waals surface area (Å²) in [4.78, 5) is 24.4. The van der Waals surface area contributed by atoms with Gasteiger partial charge in [-0.05, 0) is 13.0 Å². The molecule has 7 heteroatoms. The molecular weight excluding hydrogens is 258 g/mol. The van der Waals surface area contributed by atoms with Gasteiger partial charge in [0.25, 0.3) is 0 Å². The molecular formula is C13H21N5O2. The number of hydrogen-bond acceptors (Lipinski definition) is 7. The lowest BCUT2D eigenvalue weighted by molar-refractivity contribution is -0.147. The highest BCUT2D eigenvalue weighted by atomic mass is 16.5. The van der Waals surface area contributed by atoms with Gasteiger partial charge < -0.3 is 15.4 Å². The fourth-order valence-corrected chi connectivity index (χ4v) is 2.32. The van der Waals surface area contributed by atoms with E-state index in [1.165, 1.54) is 7.11 Å². The maximum absolute atomic E-state index is 11.6. The molecule has 0 saturated carbocycles. The van der Waals surface area contributed by atoms with Crippen LogP contribution < -0.4 is 10.6 Å². The van der Waals surface area contributed by atoms with Crippen LogP contribution in [0.3, 0.4) is 0 Å². The van der Waals surface area contributed by atoms with Gasteiger partial charge in [-0.1, -0.05) is 0 Å². The van der Waals surface area contributed by atoms with Crippen molar-refractivity contribution in [3.05, 3.63) is 18.5 Å². The molecule has 1 unspecified atom stereocenters. The van der Waals surface area contributed by atoms with Gasteiger partial charge in [-0.2, -0.15) is 0 Å². The Morgan fingerprint density at radius 2 is 1.95 bits per heavy atom. The Balaban J connectivity index is 1.87. The van der Waals surface area contributed by atoms with Crippen LogP contribution in [0.15, 0.2) is 18.5 Å². The molecule has 0 amide bonds. The molecule has 0 spiro atoms. The highest BCUT2D eigenvalue weighted by Gasteiger charge is 2.33. The number of carbonyl (C=O) groups excluding carboxylic acids is 1. The smallest absolute Gasteiger partial charge is 0.326 e. The average Bonchev–Trinajstić information content (AvgIpc) is 2.47. The van der Waals surface area contributed by atoms with Crippen LogP contribution >= 0.6 is 0 Å². The number of methoxy groups -OCH3 is 1. The maximum atomic E-state index is 11.6. The van der Waals surface area contributed by atoms with Crippen molar-refractivity contribution >= 4 is 11.9 Å². The third kappa shape index (κ3) is 3.43. The van der Waals surface area contributed by atoms with Crippen LogP contribution in [0.4, 0.5) is 5.95 Å².